The van der Waals surface area contributed by atoms with Gasteiger partial charge in [-0.1, -0.05) is 50.7 Å². The van der Waals surface area contributed by atoms with E-state index in [-0.39, 0.29) is 17.5 Å². The smallest absolute Gasteiger partial charge is 0.286 e. The van der Waals surface area contributed by atoms with Crippen LogP contribution in [-0.4, -0.2) is 34.8 Å². The summed E-state index contributed by atoms with van der Waals surface area (Å²) in [5.41, 5.74) is 1.11. The summed E-state index contributed by atoms with van der Waals surface area (Å²) < 4.78 is 6.23. The average Bonchev–Trinajstić information content (AvgIpc) is 3.03. The summed E-state index contributed by atoms with van der Waals surface area (Å²) in [6.45, 7) is 1.04. The van der Waals surface area contributed by atoms with Crippen LogP contribution in [0.25, 0.3) is 0 Å². The summed E-state index contributed by atoms with van der Waals surface area (Å²) in [7, 11) is 0. The molecular weight excluding hydrogens is 523 g/mol. The lowest BCUT2D eigenvalue weighted by Crippen LogP contribution is -2.30. The van der Waals surface area contributed by atoms with E-state index in [1.165, 1.54) is 11.0 Å². The minimum atomic E-state index is -0.394. The molecule has 1 aliphatic heterocycles. The van der Waals surface area contributed by atoms with Gasteiger partial charge in [-0.15, -0.1) is 0 Å². The molecular formula is C24H27IN2O5. The van der Waals surface area contributed by atoms with Gasteiger partial charge in [0.2, 0.25) is 0 Å². The molecule has 1 aliphatic rings. The Hall–Kier alpha value is -2.49. The van der Waals surface area contributed by atoms with Crippen molar-refractivity contribution in [1.29, 1.82) is 0 Å². The molecule has 0 aliphatic carbocycles. The highest BCUT2D eigenvalue weighted by atomic mass is 127. The number of unbranched alkanes of at least 4 members (excludes halogenated alkanes) is 7. The third-order valence-electron chi connectivity index (χ3n) is 5.54. The van der Waals surface area contributed by atoms with Crippen LogP contribution in [0.5, 0.6) is 5.75 Å². The minimum absolute atomic E-state index is 0.0751. The molecule has 0 fully saturated rings. The number of imide groups is 1. The highest BCUT2D eigenvalue weighted by Crippen LogP contribution is 2.26. The Morgan fingerprint density at radius 3 is 2.00 bits per heavy atom. The van der Waals surface area contributed by atoms with Gasteiger partial charge in [-0.25, -0.2) is 0 Å². The van der Waals surface area contributed by atoms with Crippen LogP contribution in [0, 0.1) is 13.7 Å². The Kier molecular flexibility index (Phi) is 9.01. The largest absolute Gasteiger partial charge is 0.493 e. The molecule has 0 radical (unpaired) electrons. The first-order valence-corrected chi connectivity index (χ1v) is 12.1. The van der Waals surface area contributed by atoms with Crippen molar-refractivity contribution in [3.8, 4) is 5.75 Å². The number of fused-ring (bicyclic) bond motifs is 1. The fourth-order valence-electron chi connectivity index (χ4n) is 3.79. The highest BCUT2D eigenvalue weighted by Gasteiger charge is 2.34. The molecule has 8 heteroatoms. The molecule has 2 amide bonds. The third kappa shape index (κ3) is 6.27. The van der Waals surface area contributed by atoms with Gasteiger partial charge in [-0.3, -0.25) is 24.6 Å². The normalized spacial score (nSPS) is 12.8. The van der Waals surface area contributed by atoms with E-state index in [4.69, 9.17) is 4.74 Å². The molecule has 2 aromatic rings. The Morgan fingerprint density at radius 2 is 1.41 bits per heavy atom. The summed E-state index contributed by atoms with van der Waals surface area (Å²) in [6.07, 6.45) is 8.29. The number of hydrogen-bond acceptors (Lipinski definition) is 5. The van der Waals surface area contributed by atoms with Gasteiger partial charge < -0.3 is 4.74 Å². The summed E-state index contributed by atoms with van der Waals surface area (Å²) in [6, 6.07) is 11.9. The number of rotatable bonds is 13. The molecule has 0 unspecified atom stereocenters. The lowest BCUT2D eigenvalue weighted by molar-refractivity contribution is -0.385. The van der Waals surface area contributed by atoms with Gasteiger partial charge in [0, 0.05) is 6.54 Å². The molecule has 32 heavy (non-hydrogen) atoms. The van der Waals surface area contributed by atoms with Crippen LogP contribution in [0.1, 0.15) is 72.1 Å². The van der Waals surface area contributed by atoms with Gasteiger partial charge >= 0.3 is 0 Å². The third-order valence-corrected chi connectivity index (χ3v) is 6.45. The lowest BCUT2D eigenvalue weighted by Gasteiger charge is -2.13. The Bertz CT molecular complexity index is 944. The maximum absolute atomic E-state index is 12.3. The van der Waals surface area contributed by atoms with Crippen molar-refractivity contribution in [3.05, 3.63) is 67.3 Å². The van der Waals surface area contributed by atoms with Crippen molar-refractivity contribution in [3.63, 3.8) is 0 Å². The Labute approximate surface area is 201 Å². The van der Waals surface area contributed by atoms with Gasteiger partial charge in [0.05, 0.1) is 32.3 Å². The maximum atomic E-state index is 12.3. The van der Waals surface area contributed by atoms with E-state index in [1.807, 2.05) is 22.6 Å². The van der Waals surface area contributed by atoms with Gasteiger partial charge in [-0.05, 0) is 59.7 Å². The molecule has 0 saturated carbocycles. The number of carbonyl (C=O) groups excluding carboxylic acids is 2. The number of carbonyl (C=O) groups is 2. The number of amides is 2. The molecule has 0 bridgehead atoms. The van der Waals surface area contributed by atoms with E-state index in [9.17, 15) is 19.7 Å². The molecule has 0 atom stereocenters. The summed E-state index contributed by atoms with van der Waals surface area (Å²) in [5.74, 6) is 0.190. The molecule has 0 aromatic heterocycles. The molecule has 0 spiro atoms. The zero-order valence-electron chi connectivity index (χ0n) is 17.9. The van der Waals surface area contributed by atoms with Crippen molar-refractivity contribution >= 4 is 40.1 Å². The number of nitro groups is 1. The Balaban J connectivity index is 1.20. The molecule has 3 rings (SSSR count). The first-order valence-electron chi connectivity index (χ1n) is 11.0. The number of hydrogen-bond donors (Lipinski definition) is 0. The zero-order valence-corrected chi connectivity index (χ0v) is 20.1. The summed E-state index contributed by atoms with van der Waals surface area (Å²) in [5, 5.41) is 11.0. The number of halogens is 1. The van der Waals surface area contributed by atoms with Crippen molar-refractivity contribution < 1.29 is 19.2 Å². The van der Waals surface area contributed by atoms with Crippen LogP contribution in [0.4, 0.5) is 5.69 Å². The van der Waals surface area contributed by atoms with E-state index >= 15 is 0 Å². The summed E-state index contributed by atoms with van der Waals surface area (Å²) in [4.78, 5) is 36.6. The first kappa shape index (κ1) is 24.2. The summed E-state index contributed by atoms with van der Waals surface area (Å²) >= 11 is 1.95. The first-order chi connectivity index (χ1) is 15.5. The fraction of sp³-hybridized carbons (Fsp3) is 0.417. The van der Waals surface area contributed by atoms with Crippen LogP contribution < -0.4 is 4.74 Å². The van der Waals surface area contributed by atoms with Gasteiger partial charge in [0.15, 0.2) is 0 Å². The van der Waals surface area contributed by atoms with Gasteiger partial charge in [0.25, 0.3) is 17.5 Å². The molecule has 1 heterocycles. The lowest BCUT2D eigenvalue weighted by atomic mass is 10.1. The molecule has 2 aromatic carbocycles. The molecule has 7 nitrogen and oxygen atoms in total. The van der Waals surface area contributed by atoms with Gasteiger partial charge in [-0.2, -0.15) is 0 Å². The average molecular weight is 550 g/mol. The number of nitro benzene ring substituents is 1. The van der Waals surface area contributed by atoms with Crippen LogP contribution in [0.3, 0.4) is 0 Å². The van der Waals surface area contributed by atoms with E-state index in [1.54, 1.807) is 36.4 Å². The van der Waals surface area contributed by atoms with Crippen LogP contribution in [0.2, 0.25) is 0 Å². The van der Waals surface area contributed by atoms with Crippen molar-refractivity contribution in [2.75, 3.05) is 13.2 Å². The van der Waals surface area contributed by atoms with Crippen LogP contribution >= 0.6 is 22.6 Å². The van der Waals surface area contributed by atoms with E-state index in [0.29, 0.717) is 33.6 Å². The molecule has 0 saturated heterocycles. The topological polar surface area (TPSA) is 89.8 Å². The second-order valence-electron chi connectivity index (χ2n) is 7.85. The highest BCUT2D eigenvalue weighted by molar-refractivity contribution is 14.1. The van der Waals surface area contributed by atoms with E-state index < -0.39 is 4.92 Å². The Morgan fingerprint density at radius 1 is 0.844 bits per heavy atom. The van der Waals surface area contributed by atoms with Crippen LogP contribution in [0.15, 0.2) is 42.5 Å². The van der Waals surface area contributed by atoms with Gasteiger partial charge in [0.1, 0.15) is 5.75 Å². The quantitative estimate of drug-likeness (QED) is 0.100. The van der Waals surface area contributed by atoms with Crippen molar-refractivity contribution in [2.24, 2.45) is 0 Å². The predicted molar refractivity (Wildman–Crippen MR) is 130 cm³/mol. The van der Waals surface area contributed by atoms with Crippen molar-refractivity contribution in [1.82, 2.24) is 4.90 Å². The number of ether oxygens (including phenoxy) is 1. The number of nitrogens with zero attached hydrogens (tertiary/aromatic N) is 2. The SMILES string of the molecule is O=C1c2ccccc2C(=O)N1CCCCCCCCCCOc1ccc(I)c([N+](=O)[O-])c1. The van der Waals surface area contributed by atoms with E-state index in [0.717, 1.165) is 51.4 Å². The van der Waals surface area contributed by atoms with Crippen molar-refractivity contribution in [2.45, 2.75) is 51.4 Å². The monoisotopic (exact) mass is 550 g/mol. The second-order valence-corrected chi connectivity index (χ2v) is 9.02. The maximum Gasteiger partial charge on any atom is 0.286 e. The predicted octanol–water partition coefficient (Wildman–Crippen LogP) is 6.00. The second kappa shape index (κ2) is 11.9. The standard InChI is InChI=1S/C24H27IN2O5/c25-21-14-13-18(17-22(21)27(30)31)32-16-10-6-4-2-1-3-5-9-15-26-23(28)19-11-7-8-12-20(19)24(26)29/h7-8,11-14,17H,1-6,9-10,15-16H2. The molecule has 170 valence electrons. The fourth-order valence-corrected chi connectivity index (χ4v) is 4.32. The molecule has 0 N–H and O–H groups in total. The number of benzene rings is 2. The van der Waals surface area contributed by atoms with Crippen LogP contribution in [-0.2, 0) is 0 Å². The zero-order chi connectivity index (χ0) is 22.9. The van der Waals surface area contributed by atoms with E-state index in [2.05, 4.69) is 0 Å². The minimum Gasteiger partial charge on any atom is -0.493 e.